The van der Waals surface area contributed by atoms with Crippen LogP contribution in [-0.4, -0.2) is 22.6 Å². The summed E-state index contributed by atoms with van der Waals surface area (Å²) in [5.74, 6) is -0.557. The van der Waals surface area contributed by atoms with Crippen molar-refractivity contribution in [3.8, 4) is 11.6 Å². The Kier molecular flexibility index (Phi) is 5.98. The van der Waals surface area contributed by atoms with Crippen LogP contribution in [0.5, 0.6) is 5.88 Å². The summed E-state index contributed by atoms with van der Waals surface area (Å²) >= 11 is 6.22. The van der Waals surface area contributed by atoms with Gasteiger partial charge in [0, 0.05) is 0 Å². The summed E-state index contributed by atoms with van der Waals surface area (Å²) in [6.45, 7) is 3.51. The second kappa shape index (κ2) is 8.45. The van der Waals surface area contributed by atoms with Crippen LogP contribution in [-0.2, 0) is 11.3 Å². The summed E-state index contributed by atoms with van der Waals surface area (Å²) in [7, 11) is 1.28. The van der Waals surface area contributed by atoms with Crippen LogP contribution in [0.1, 0.15) is 27.3 Å². The van der Waals surface area contributed by atoms with Crippen molar-refractivity contribution in [3.63, 3.8) is 0 Å². The number of carbonyl (C=O) groups is 1. The largest absolute Gasteiger partial charge is 0.472 e. The third-order valence-corrected chi connectivity index (χ3v) is 4.65. The topological polar surface area (TPSA) is 70.4 Å². The lowest BCUT2D eigenvalue weighted by molar-refractivity contribution is 0.0600. The molecule has 0 radical (unpaired) electrons. The highest BCUT2D eigenvalue weighted by Crippen LogP contribution is 2.23. The summed E-state index contributed by atoms with van der Waals surface area (Å²) in [4.78, 5) is 29.1. The first-order valence-corrected chi connectivity index (χ1v) is 9.05. The number of methoxy groups -OCH3 is 1. The highest BCUT2D eigenvalue weighted by atomic mass is 35.5. The van der Waals surface area contributed by atoms with Crippen molar-refractivity contribution in [2.45, 2.75) is 20.5 Å². The van der Waals surface area contributed by atoms with Crippen LogP contribution in [0.25, 0.3) is 5.69 Å². The molecule has 3 rings (SSSR count). The van der Waals surface area contributed by atoms with E-state index in [0.717, 1.165) is 5.56 Å². The molecule has 2 aromatic carbocycles. The lowest BCUT2D eigenvalue weighted by atomic mass is 10.1. The average molecular weight is 417 g/mol. The summed E-state index contributed by atoms with van der Waals surface area (Å²) in [6.07, 6.45) is 0. The van der Waals surface area contributed by atoms with Gasteiger partial charge in [-0.1, -0.05) is 29.8 Å². The summed E-state index contributed by atoms with van der Waals surface area (Å²) in [5.41, 5.74) is 1.69. The van der Waals surface area contributed by atoms with E-state index in [0.29, 0.717) is 22.6 Å². The number of nitrogens with zero attached hydrogens (tertiary/aromatic N) is 2. The molecule has 0 aliphatic heterocycles. The maximum Gasteiger partial charge on any atom is 0.337 e. The van der Waals surface area contributed by atoms with Crippen LogP contribution >= 0.6 is 11.6 Å². The first kappa shape index (κ1) is 20.5. The molecular weight excluding hydrogens is 399 g/mol. The molecule has 0 unspecified atom stereocenters. The predicted octanol–water partition coefficient (Wildman–Crippen LogP) is 4.01. The molecule has 0 fully saturated rings. The van der Waals surface area contributed by atoms with E-state index in [1.165, 1.54) is 23.8 Å². The zero-order chi connectivity index (χ0) is 21.1. The molecule has 0 bridgehead atoms. The van der Waals surface area contributed by atoms with Gasteiger partial charge in [0.05, 0.1) is 18.4 Å². The number of aromatic nitrogens is 2. The van der Waals surface area contributed by atoms with E-state index in [4.69, 9.17) is 21.1 Å². The van der Waals surface area contributed by atoms with Gasteiger partial charge in [0.15, 0.2) is 5.02 Å². The van der Waals surface area contributed by atoms with Crippen molar-refractivity contribution >= 4 is 17.6 Å². The zero-order valence-electron chi connectivity index (χ0n) is 16.0. The first-order chi connectivity index (χ1) is 13.8. The molecule has 0 atom stereocenters. The standard InChI is InChI=1S/C21H18ClFN2O4/c1-12-4-7-15(21(27)28-3)10-17(12)25-13(2)24-19(18(22)20(25)26)29-11-14-5-8-16(23)9-6-14/h4-10H,11H2,1-3H3. The Hall–Kier alpha value is -3.19. The maximum absolute atomic E-state index is 13.0. The molecule has 0 spiro atoms. The fourth-order valence-electron chi connectivity index (χ4n) is 2.79. The lowest BCUT2D eigenvalue weighted by Gasteiger charge is -2.15. The van der Waals surface area contributed by atoms with Crippen molar-refractivity contribution < 1.29 is 18.7 Å². The number of ether oxygens (including phenoxy) is 2. The Morgan fingerprint density at radius 1 is 1.17 bits per heavy atom. The first-order valence-electron chi connectivity index (χ1n) is 8.67. The SMILES string of the molecule is COC(=O)c1ccc(C)c(-n2c(C)nc(OCc3ccc(F)cc3)c(Cl)c2=O)c1. The van der Waals surface area contributed by atoms with Crippen LogP contribution in [0.2, 0.25) is 5.02 Å². The molecule has 1 aromatic heterocycles. The van der Waals surface area contributed by atoms with Gasteiger partial charge in [0.1, 0.15) is 18.2 Å². The van der Waals surface area contributed by atoms with Gasteiger partial charge < -0.3 is 9.47 Å². The molecule has 3 aromatic rings. The third-order valence-electron chi connectivity index (χ3n) is 4.33. The van der Waals surface area contributed by atoms with Crippen molar-refractivity contribution in [2.24, 2.45) is 0 Å². The van der Waals surface area contributed by atoms with Gasteiger partial charge >= 0.3 is 5.97 Å². The van der Waals surface area contributed by atoms with Gasteiger partial charge in [0.2, 0.25) is 5.88 Å². The quantitative estimate of drug-likeness (QED) is 0.588. The van der Waals surface area contributed by atoms with E-state index in [1.807, 2.05) is 0 Å². The van der Waals surface area contributed by atoms with Gasteiger partial charge in [-0.2, -0.15) is 4.98 Å². The van der Waals surface area contributed by atoms with Crippen LogP contribution in [0.4, 0.5) is 4.39 Å². The highest BCUT2D eigenvalue weighted by molar-refractivity contribution is 6.31. The third kappa shape index (κ3) is 4.30. The minimum Gasteiger partial charge on any atom is -0.472 e. The molecule has 150 valence electrons. The van der Waals surface area contributed by atoms with E-state index in [1.54, 1.807) is 44.2 Å². The molecule has 0 aliphatic carbocycles. The van der Waals surface area contributed by atoms with Crippen LogP contribution in [0, 0.1) is 19.7 Å². The highest BCUT2D eigenvalue weighted by Gasteiger charge is 2.18. The molecule has 0 saturated heterocycles. The van der Waals surface area contributed by atoms with Gasteiger partial charge in [-0.3, -0.25) is 9.36 Å². The fourth-order valence-corrected chi connectivity index (χ4v) is 2.97. The van der Waals surface area contributed by atoms with E-state index >= 15 is 0 Å². The van der Waals surface area contributed by atoms with Crippen molar-refractivity contribution in [2.75, 3.05) is 7.11 Å². The number of carbonyl (C=O) groups excluding carboxylic acids is 1. The molecule has 6 nitrogen and oxygen atoms in total. The summed E-state index contributed by atoms with van der Waals surface area (Å²) in [6, 6.07) is 10.6. The van der Waals surface area contributed by atoms with Crippen LogP contribution in [0.15, 0.2) is 47.3 Å². The van der Waals surface area contributed by atoms with Gasteiger partial charge in [-0.05, 0) is 49.2 Å². The Morgan fingerprint density at radius 2 is 1.86 bits per heavy atom. The fraction of sp³-hybridized carbons (Fsp3) is 0.190. The van der Waals surface area contributed by atoms with E-state index in [-0.39, 0.29) is 23.3 Å². The normalized spacial score (nSPS) is 10.7. The smallest absolute Gasteiger partial charge is 0.337 e. The van der Waals surface area contributed by atoms with Crippen molar-refractivity contribution in [1.29, 1.82) is 0 Å². The molecular formula is C21H18ClFN2O4. The van der Waals surface area contributed by atoms with Gasteiger partial charge in [-0.15, -0.1) is 0 Å². The molecule has 0 amide bonds. The summed E-state index contributed by atoms with van der Waals surface area (Å²) in [5, 5.41) is -0.194. The Bertz CT molecular complexity index is 1130. The van der Waals surface area contributed by atoms with Gasteiger partial charge in [-0.25, -0.2) is 9.18 Å². The number of halogens is 2. The monoisotopic (exact) mass is 416 g/mol. The summed E-state index contributed by atoms with van der Waals surface area (Å²) < 4.78 is 24.6. The van der Waals surface area contributed by atoms with Crippen molar-refractivity contribution in [3.05, 3.63) is 86.2 Å². The van der Waals surface area contributed by atoms with Gasteiger partial charge in [0.25, 0.3) is 5.56 Å². The molecule has 29 heavy (non-hydrogen) atoms. The molecule has 0 N–H and O–H groups in total. The number of hydrogen-bond donors (Lipinski definition) is 0. The van der Waals surface area contributed by atoms with Crippen molar-refractivity contribution in [1.82, 2.24) is 9.55 Å². The Balaban J connectivity index is 1.99. The van der Waals surface area contributed by atoms with E-state index in [2.05, 4.69) is 4.98 Å². The van der Waals surface area contributed by atoms with Crippen LogP contribution in [0.3, 0.4) is 0 Å². The molecule has 1 heterocycles. The molecule has 0 saturated carbocycles. The lowest BCUT2D eigenvalue weighted by Crippen LogP contribution is -2.24. The Morgan fingerprint density at radius 3 is 2.52 bits per heavy atom. The number of hydrogen-bond acceptors (Lipinski definition) is 5. The van der Waals surface area contributed by atoms with E-state index < -0.39 is 11.5 Å². The number of aryl methyl sites for hydroxylation is 2. The minimum atomic E-state index is -0.529. The number of benzene rings is 2. The zero-order valence-corrected chi connectivity index (χ0v) is 16.8. The second-order valence-electron chi connectivity index (χ2n) is 6.33. The predicted molar refractivity (Wildman–Crippen MR) is 106 cm³/mol. The number of esters is 1. The second-order valence-corrected chi connectivity index (χ2v) is 6.70. The maximum atomic E-state index is 13.0. The number of rotatable bonds is 5. The average Bonchev–Trinajstić information content (AvgIpc) is 2.71. The molecule has 8 heteroatoms. The Labute approximate surface area is 171 Å². The van der Waals surface area contributed by atoms with E-state index in [9.17, 15) is 14.0 Å². The van der Waals surface area contributed by atoms with Crippen LogP contribution < -0.4 is 10.3 Å². The molecule has 0 aliphatic rings. The minimum absolute atomic E-state index is 0.0171.